The number of rotatable bonds is 70. The molecule has 684 valence electrons. The van der Waals surface area contributed by atoms with Gasteiger partial charge in [0.15, 0.2) is 0 Å². The number of Topliss-reactive ketones (excluding diaryl/α,β-unsaturated/α-hetero) is 3. The van der Waals surface area contributed by atoms with Gasteiger partial charge in [-0.2, -0.15) is 0 Å². The average molecular weight is 1720 g/mol. The maximum Gasteiger partial charge on any atom is 0.223 e. The molecule has 0 saturated carbocycles. The number of nitrogens with zero attached hydrogens (tertiary/aromatic N) is 1. The molecular weight excluding hydrogens is 1580 g/mol. The van der Waals surface area contributed by atoms with Gasteiger partial charge in [0, 0.05) is 284 Å². The summed E-state index contributed by atoms with van der Waals surface area (Å²) in [5.41, 5.74) is -7.55. The first-order valence-corrected chi connectivity index (χ1v) is 41.5. The molecule has 0 aromatic heterocycles. The number of carbonyl (C=O) groups is 21. The second-order valence-corrected chi connectivity index (χ2v) is 30.4. The number of nitrogens with one attached hydrogen (secondary N) is 18. The van der Waals surface area contributed by atoms with E-state index in [1.807, 2.05) is 0 Å². The Morgan fingerprint density at radius 3 is 0.570 bits per heavy atom. The van der Waals surface area contributed by atoms with E-state index in [2.05, 4.69) is 95.7 Å². The van der Waals surface area contributed by atoms with Crippen LogP contribution in [-0.2, 0) is 101 Å². The maximum atomic E-state index is 15.2. The zero-order chi connectivity index (χ0) is 91.2. The quantitative estimate of drug-likeness (QED) is 0.0176. The monoisotopic (exact) mass is 1720 g/mol. The smallest absolute Gasteiger partial charge is 0.223 e. The first-order valence-electron chi connectivity index (χ1n) is 41.5. The number of hydrogen-bond acceptors (Lipinski definition) is 23. The molecule has 0 aliphatic rings. The molecule has 42 nitrogen and oxygen atoms in total. The molecule has 121 heavy (non-hydrogen) atoms. The molecule has 0 radical (unpaired) electrons. The predicted molar refractivity (Wildman–Crippen MR) is 442 cm³/mol. The van der Waals surface area contributed by atoms with E-state index in [9.17, 15) is 96.4 Å². The zero-order valence-corrected chi connectivity index (χ0v) is 72.2. The lowest BCUT2D eigenvalue weighted by Gasteiger charge is -2.36. The number of carbonyl (C=O) groups excluding carboxylic acids is 21. The van der Waals surface area contributed by atoms with E-state index in [-0.39, 0.29) is 311 Å². The van der Waals surface area contributed by atoms with Crippen LogP contribution >= 0.6 is 0 Å². The lowest BCUT2D eigenvalue weighted by molar-refractivity contribution is -0.573. The van der Waals surface area contributed by atoms with Crippen LogP contribution in [0.3, 0.4) is 0 Å². The summed E-state index contributed by atoms with van der Waals surface area (Å²) in [4.78, 5) is 287. The summed E-state index contributed by atoms with van der Waals surface area (Å²) in [6.07, 6.45) is -9.71. The summed E-state index contributed by atoms with van der Waals surface area (Å²) in [6.45, 7) is 11.8. The highest BCUT2D eigenvalue weighted by molar-refractivity contribution is 5.85. The van der Waals surface area contributed by atoms with Crippen LogP contribution in [0.25, 0.3) is 0 Å². The molecule has 0 spiro atoms. The Hall–Kier alpha value is -11.1. The molecule has 0 rings (SSSR count). The minimum atomic E-state index is -2.52. The second-order valence-electron chi connectivity index (χ2n) is 30.4. The van der Waals surface area contributed by atoms with E-state index >= 15 is 14.4 Å². The van der Waals surface area contributed by atoms with Crippen molar-refractivity contribution in [3.8, 4) is 0 Å². The number of hydrogen-bond donors (Lipinski definition) is 18. The van der Waals surface area contributed by atoms with Crippen LogP contribution in [-0.4, -0.2) is 249 Å². The van der Waals surface area contributed by atoms with Crippen LogP contribution in [0.4, 0.5) is 0 Å². The largest absolute Gasteiger partial charge is 0.356 e. The molecule has 0 atom stereocenters. The van der Waals surface area contributed by atoms with Gasteiger partial charge in [-0.1, -0.05) is 0 Å². The fourth-order valence-electron chi connectivity index (χ4n) is 12.8. The molecule has 0 bridgehead atoms. The van der Waals surface area contributed by atoms with Gasteiger partial charge in [-0.3, -0.25) is 101 Å². The Balaban J connectivity index is 8.88. The SMILES string of the molecule is CC(=O)CCCNC(=O)CCC(CCC(=O)NCCNC(C)=O)(CCC(=O)NCCNC(C)=O)NC(=O)CCC(CCC(=O)NC(CCC(=O)CCCNC(C)=O)(CCC(=O)NCCNC(C)=O)CCC(=O)NCCNC(C)=O)(CCC(=O)NC(CCC(=O)NCCCC(C)=O)(CCC(=O)NCCNC(C)=O)CCC(=O)NCCNC(C)=O)[N+](=O)[O-]. The molecule has 18 N–H and O–H groups in total. The van der Waals surface area contributed by atoms with Crippen molar-refractivity contribution < 1.29 is 106 Å². The summed E-state index contributed by atoms with van der Waals surface area (Å²) in [7, 11) is 0. The molecule has 0 aromatic rings. The van der Waals surface area contributed by atoms with Crippen molar-refractivity contribution in [3.63, 3.8) is 0 Å². The van der Waals surface area contributed by atoms with E-state index < -0.39 is 131 Å². The zero-order valence-electron chi connectivity index (χ0n) is 72.2. The molecule has 42 heteroatoms. The molecule has 0 heterocycles. The Bertz CT molecular complexity index is 2850. The van der Waals surface area contributed by atoms with E-state index in [0.717, 1.165) is 0 Å². The number of amides is 18. The summed E-state index contributed by atoms with van der Waals surface area (Å²) in [5, 5.41) is 62.4. The van der Waals surface area contributed by atoms with Gasteiger partial charge in [0.2, 0.25) is 112 Å². The molecule has 0 aromatic carbocycles. The van der Waals surface area contributed by atoms with Crippen molar-refractivity contribution in [1.29, 1.82) is 0 Å². The Morgan fingerprint density at radius 2 is 0.372 bits per heavy atom. The number of nitro groups is 1. The Labute approximate surface area is 707 Å². The molecule has 0 aliphatic heterocycles. The van der Waals surface area contributed by atoms with Crippen LogP contribution in [0.2, 0.25) is 0 Å². The highest BCUT2D eigenvalue weighted by Gasteiger charge is 2.46. The van der Waals surface area contributed by atoms with E-state index in [1.165, 1.54) is 62.3 Å². The first-order chi connectivity index (χ1) is 57.0. The van der Waals surface area contributed by atoms with Crippen LogP contribution in [0.15, 0.2) is 0 Å². The van der Waals surface area contributed by atoms with Gasteiger partial charge >= 0.3 is 0 Å². The molecule has 0 saturated heterocycles. The normalized spacial score (nSPS) is 11.1. The van der Waals surface area contributed by atoms with Crippen LogP contribution in [0.5, 0.6) is 0 Å². The third-order valence-corrected chi connectivity index (χ3v) is 19.6. The first kappa shape index (κ1) is 110. The van der Waals surface area contributed by atoms with Crippen LogP contribution in [0, 0.1) is 10.1 Å². The average Bonchev–Trinajstić information content (AvgIpc) is 0.826. The summed E-state index contributed by atoms with van der Waals surface area (Å²) in [6, 6.07) is 0. The van der Waals surface area contributed by atoms with E-state index in [0.29, 0.717) is 0 Å². The molecule has 0 unspecified atom stereocenters. The van der Waals surface area contributed by atoms with Crippen LogP contribution in [0.1, 0.15) is 255 Å². The second kappa shape index (κ2) is 62.9. The van der Waals surface area contributed by atoms with Gasteiger partial charge in [-0.15, -0.1) is 0 Å². The fourth-order valence-corrected chi connectivity index (χ4v) is 12.8. The standard InChI is InChI=1S/C79H135N19O23/c1-55(99)13-10-41-87-65(109)17-31-77(33-21-69(113)91-51-45-83-60(6)104,34-22-70(114)92-52-46-84-61(7)105)96-74(118)26-38-79(98(120)121,37-25-73(117)95-76(28-16-64(108)15-12-40-80-57(3)101,29-19-67(111)89-49-43-81-58(4)102)30-20-68(112)90-50-44-82-59(5)103)39-27-75(119)97-78(32-18-66(110)88-42-11-14-56(2)100,35-23-71(115)93-53-47-85-62(8)106)36-24-72(116)94-54-48-86-63(9)107/h10-54H2,1-9H3,(H,80,101)(H,81,102)(H,82,103)(H,83,104)(H,84,105)(H,85,106)(H,86,107)(H,87,109)(H,88,110)(H,89,111)(H,90,112)(H,91,113)(H,92,114)(H,93,115)(H,94,116)(H,95,117)(H,96,118)(H,97,119). The van der Waals surface area contributed by atoms with Gasteiger partial charge in [-0.25, -0.2) is 0 Å². The summed E-state index contributed by atoms with van der Waals surface area (Å²) >= 11 is 0. The Kier molecular flexibility index (Phi) is 57.2. The third-order valence-electron chi connectivity index (χ3n) is 19.6. The van der Waals surface area contributed by atoms with Gasteiger partial charge < -0.3 is 105 Å². The topological polar surface area (TPSA) is 618 Å². The van der Waals surface area contributed by atoms with E-state index in [4.69, 9.17) is 0 Å². The lowest BCUT2D eigenvalue weighted by Crippen LogP contribution is -2.52. The third kappa shape index (κ3) is 59.2. The molecule has 0 fully saturated rings. The highest BCUT2D eigenvalue weighted by Crippen LogP contribution is 2.34. The van der Waals surface area contributed by atoms with Gasteiger partial charge in [0.25, 0.3) is 0 Å². The minimum absolute atomic E-state index is 0.0231. The lowest BCUT2D eigenvalue weighted by atomic mass is 9.80. The predicted octanol–water partition coefficient (Wildman–Crippen LogP) is -2.10. The molecule has 18 amide bonds. The maximum absolute atomic E-state index is 15.2. The number of ketones is 3. The molecule has 0 aliphatic carbocycles. The Morgan fingerprint density at radius 1 is 0.207 bits per heavy atom. The van der Waals surface area contributed by atoms with Crippen molar-refractivity contribution in [2.45, 2.75) is 277 Å². The summed E-state index contributed by atoms with van der Waals surface area (Å²) in [5.74, 6) is -10.9. The van der Waals surface area contributed by atoms with Crippen LogP contribution < -0.4 is 95.7 Å². The van der Waals surface area contributed by atoms with Gasteiger partial charge in [0.1, 0.15) is 17.3 Å². The minimum Gasteiger partial charge on any atom is -0.356 e. The van der Waals surface area contributed by atoms with Crippen molar-refractivity contribution in [3.05, 3.63) is 10.1 Å². The fraction of sp³-hybridized carbons (Fsp3) is 0.734. The molecular formula is C79H135N19O23. The van der Waals surface area contributed by atoms with Crippen molar-refractivity contribution in [1.82, 2.24) is 95.7 Å². The van der Waals surface area contributed by atoms with Gasteiger partial charge in [-0.05, 0) is 90.9 Å². The van der Waals surface area contributed by atoms with Crippen molar-refractivity contribution in [2.75, 3.05) is 98.2 Å². The summed E-state index contributed by atoms with van der Waals surface area (Å²) < 4.78 is 0. The van der Waals surface area contributed by atoms with E-state index in [1.54, 1.807) is 0 Å². The van der Waals surface area contributed by atoms with Gasteiger partial charge in [0.05, 0.1) is 0 Å². The van der Waals surface area contributed by atoms with Crippen molar-refractivity contribution >= 4 is 124 Å². The highest BCUT2D eigenvalue weighted by atomic mass is 16.6. The van der Waals surface area contributed by atoms with Crippen molar-refractivity contribution in [2.24, 2.45) is 0 Å².